The van der Waals surface area contributed by atoms with Gasteiger partial charge in [0.15, 0.2) is 5.60 Å². The molecule has 86 valence electrons. The van der Waals surface area contributed by atoms with Crippen molar-refractivity contribution in [2.45, 2.75) is 31.0 Å². The monoisotopic (exact) mass is 232 g/mol. The molecule has 0 aliphatic carbocycles. The van der Waals surface area contributed by atoms with Gasteiger partial charge in [-0.05, 0) is 25.0 Å². The number of carboxylic acid groups (broad SMARTS) is 1. The van der Waals surface area contributed by atoms with Gasteiger partial charge in [0.05, 0.1) is 12.7 Å². The molecule has 15 heavy (non-hydrogen) atoms. The molecule has 2 atom stereocenters. The Labute approximate surface area is 93.3 Å². The highest BCUT2D eigenvalue weighted by Crippen LogP contribution is 2.32. The summed E-state index contributed by atoms with van der Waals surface area (Å²) in [5.41, 5.74) is -0.948. The van der Waals surface area contributed by atoms with Crippen LogP contribution < -0.4 is 0 Å². The smallest absolute Gasteiger partial charge is 0.336 e. The predicted octanol–water partition coefficient (Wildman–Crippen LogP) is 1.14. The van der Waals surface area contributed by atoms with Crippen LogP contribution in [0, 0.1) is 0 Å². The lowest BCUT2D eigenvalue weighted by Gasteiger charge is -2.25. The van der Waals surface area contributed by atoms with Crippen molar-refractivity contribution < 1.29 is 19.4 Å². The summed E-state index contributed by atoms with van der Waals surface area (Å²) in [5, 5.41) is 9.16. The van der Waals surface area contributed by atoms with Crippen LogP contribution in [0.15, 0.2) is 0 Å². The van der Waals surface area contributed by atoms with E-state index in [0.29, 0.717) is 18.8 Å². The molecule has 2 saturated heterocycles. The SMILES string of the molecule is O=C(O)C1(OCC2CCCO2)CCSC1. The van der Waals surface area contributed by atoms with Gasteiger partial charge in [-0.3, -0.25) is 0 Å². The summed E-state index contributed by atoms with van der Waals surface area (Å²) >= 11 is 1.65. The Morgan fingerprint density at radius 3 is 3.07 bits per heavy atom. The maximum Gasteiger partial charge on any atom is 0.336 e. The van der Waals surface area contributed by atoms with Crippen LogP contribution in [0.1, 0.15) is 19.3 Å². The van der Waals surface area contributed by atoms with Crippen molar-refractivity contribution in [2.75, 3.05) is 24.7 Å². The van der Waals surface area contributed by atoms with E-state index in [9.17, 15) is 4.79 Å². The van der Waals surface area contributed by atoms with E-state index in [1.165, 1.54) is 0 Å². The number of carboxylic acids is 1. The third kappa shape index (κ3) is 2.46. The molecule has 0 saturated carbocycles. The molecule has 0 aromatic rings. The van der Waals surface area contributed by atoms with Crippen LogP contribution in [0.25, 0.3) is 0 Å². The maximum absolute atomic E-state index is 11.1. The average molecular weight is 232 g/mol. The van der Waals surface area contributed by atoms with Gasteiger partial charge in [-0.25, -0.2) is 4.79 Å². The van der Waals surface area contributed by atoms with Gasteiger partial charge in [-0.2, -0.15) is 11.8 Å². The molecule has 2 aliphatic heterocycles. The van der Waals surface area contributed by atoms with Crippen LogP contribution in [-0.2, 0) is 14.3 Å². The van der Waals surface area contributed by atoms with Gasteiger partial charge < -0.3 is 14.6 Å². The van der Waals surface area contributed by atoms with Crippen molar-refractivity contribution in [3.05, 3.63) is 0 Å². The van der Waals surface area contributed by atoms with Crippen molar-refractivity contribution in [1.29, 1.82) is 0 Å². The Morgan fingerprint density at radius 2 is 2.53 bits per heavy atom. The largest absolute Gasteiger partial charge is 0.479 e. The first-order valence-electron chi connectivity index (χ1n) is 5.30. The standard InChI is InChI=1S/C10H16O4S/c11-9(12)10(3-5-15-7-10)14-6-8-2-1-4-13-8/h8H,1-7H2,(H,11,12). The molecule has 1 N–H and O–H groups in total. The molecule has 0 bridgehead atoms. The van der Waals surface area contributed by atoms with Crippen molar-refractivity contribution in [2.24, 2.45) is 0 Å². The van der Waals surface area contributed by atoms with E-state index in [1.807, 2.05) is 0 Å². The Morgan fingerprint density at radius 1 is 1.67 bits per heavy atom. The third-order valence-corrected chi connectivity index (χ3v) is 4.11. The lowest BCUT2D eigenvalue weighted by molar-refractivity contribution is -0.166. The minimum absolute atomic E-state index is 0.104. The zero-order chi connectivity index (χ0) is 10.7. The van der Waals surface area contributed by atoms with Crippen molar-refractivity contribution >= 4 is 17.7 Å². The average Bonchev–Trinajstić information content (AvgIpc) is 2.87. The first kappa shape index (κ1) is 11.2. The lowest BCUT2D eigenvalue weighted by atomic mass is 10.0. The number of thioether (sulfide) groups is 1. The van der Waals surface area contributed by atoms with Crippen LogP contribution in [0.3, 0.4) is 0 Å². The van der Waals surface area contributed by atoms with Crippen LogP contribution >= 0.6 is 11.8 Å². The zero-order valence-electron chi connectivity index (χ0n) is 8.61. The number of rotatable bonds is 4. The van der Waals surface area contributed by atoms with Crippen LogP contribution in [0.5, 0.6) is 0 Å². The highest BCUT2D eigenvalue weighted by molar-refractivity contribution is 7.99. The summed E-state index contributed by atoms with van der Waals surface area (Å²) < 4.78 is 11.0. The molecule has 0 aromatic carbocycles. The molecule has 0 spiro atoms. The first-order chi connectivity index (χ1) is 7.23. The fourth-order valence-electron chi connectivity index (χ4n) is 1.92. The molecular formula is C10H16O4S. The predicted molar refractivity (Wildman–Crippen MR) is 57.2 cm³/mol. The summed E-state index contributed by atoms with van der Waals surface area (Å²) in [6.07, 6.45) is 2.76. The molecule has 2 aliphatic rings. The minimum Gasteiger partial charge on any atom is -0.479 e. The number of hydrogen-bond donors (Lipinski definition) is 1. The summed E-state index contributed by atoms with van der Waals surface area (Å²) in [4.78, 5) is 11.1. The van der Waals surface area contributed by atoms with Crippen LogP contribution in [0.4, 0.5) is 0 Å². The van der Waals surface area contributed by atoms with E-state index in [1.54, 1.807) is 11.8 Å². The van der Waals surface area contributed by atoms with E-state index < -0.39 is 11.6 Å². The lowest BCUT2D eigenvalue weighted by Crippen LogP contribution is -2.43. The highest BCUT2D eigenvalue weighted by atomic mass is 32.2. The Balaban J connectivity index is 1.86. The van der Waals surface area contributed by atoms with E-state index in [-0.39, 0.29) is 6.10 Å². The molecule has 0 radical (unpaired) electrons. The summed E-state index contributed by atoms with van der Waals surface area (Å²) in [6.45, 7) is 1.20. The quantitative estimate of drug-likeness (QED) is 0.787. The zero-order valence-corrected chi connectivity index (χ0v) is 9.42. The topological polar surface area (TPSA) is 55.8 Å². The Kier molecular flexibility index (Phi) is 3.53. The summed E-state index contributed by atoms with van der Waals surface area (Å²) in [7, 11) is 0. The van der Waals surface area contributed by atoms with Crippen LogP contribution in [0.2, 0.25) is 0 Å². The van der Waals surface area contributed by atoms with Gasteiger partial charge in [0, 0.05) is 12.4 Å². The molecule has 2 unspecified atom stereocenters. The normalized spacial score (nSPS) is 35.9. The summed E-state index contributed by atoms with van der Waals surface area (Å²) in [5.74, 6) is 0.609. The van der Waals surface area contributed by atoms with E-state index in [0.717, 1.165) is 25.2 Å². The van der Waals surface area contributed by atoms with Crippen molar-refractivity contribution in [1.82, 2.24) is 0 Å². The number of carbonyl (C=O) groups is 1. The van der Waals surface area contributed by atoms with Gasteiger partial charge >= 0.3 is 5.97 Å². The molecule has 2 rings (SSSR count). The van der Waals surface area contributed by atoms with Crippen LogP contribution in [-0.4, -0.2) is 47.5 Å². The first-order valence-corrected chi connectivity index (χ1v) is 6.45. The van der Waals surface area contributed by atoms with E-state index in [2.05, 4.69) is 0 Å². The van der Waals surface area contributed by atoms with Gasteiger partial charge in [-0.15, -0.1) is 0 Å². The fraction of sp³-hybridized carbons (Fsp3) is 0.900. The second-order valence-electron chi connectivity index (χ2n) is 4.05. The fourth-order valence-corrected chi connectivity index (χ4v) is 3.22. The molecule has 2 fully saturated rings. The number of ether oxygens (including phenoxy) is 2. The second-order valence-corrected chi connectivity index (χ2v) is 5.15. The van der Waals surface area contributed by atoms with Gasteiger partial charge in [0.2, 0.25) is 0 Å². The third-order valence-electron chi connectivity index (χ3n) is 2.94. The van der Waals surface area contributed by atoms with E-state index in [4.69, 9.17) is 14.6 Å². The van der Waals surface area contributed by atoms with E-state index >= 15 is 0 Å². The molecule has 0 amide bonds. The molecule has 5 heteroatoms. The maximum atomic E-state index is 11.1. The van der Waals surface area contributed by atoms with Crippen molar-refractivity contribution in [3.63, 3.8) is 0 Å². The summed E-state index contributed by atoms with van der Waals surface area (Å²) in [6, 6.07) is 0. The number of aliphatic carboxylic acids is 1. The minimum atomic E-state index is -0.948. The molecular weight excluding hydrogens is 216 g/mol. The van der Waals surface area contributed by atoms with Crippen molar-refractivity contribution in [3.8, 4) is 0 Å². The number of hydrogen-bond acceptors (Lipinski definition) is 4. The molecule has 0 aromatic heterocycles. The van der Waals surface area contributed by atoms with Gasteiger partial charge in [0.25, 0.3) is 0 Å². The second kappa shape index (κ2) is 4.72. The molecule has 2 heterocycles. The molecule has 4 nitrogen and oxygen atoms in total. The van der Waals surface area contributed by atoms with Gasteiger partial charge in [0.1, 0.15) is 0 Å². The Hall–Kier alpha value is -0.260. The Bertz CT molecular complexity index is 232. The van der Waals surface area contributed by atoms with Gasteiger partial charge in [-0.1, -0.05) is 0 Å². The highest BCUT2D eigenvalue weighted by Gasteiger charge is 2.43.